The molecule has 0 aromatic heterocycles. The summed E-state index contributed by atoms with van der Waals surface area (Å²) in [5.41, 5.74) is 4.78. The number of nitrogens with zero attached hydrogens (tertiary/aromatic N) is 1. The van der Waals surface area contributed by atoms with Crippen LogP contribution in [-0.4, -0.2) is 26.3 Å². The molecule has 0 saturated heterocycles. The molecule has 0 aliphatic carbocycles. The molecular formula is C24H26N2O3S. The summed E-state index contributed by atoms with van der Waals surface area (Å²) in [4.78, 5) is 14.7. The second kappa shape index (κ2) is 8.71. The quantitative estimate of drug-likeness (QED) is 0.627. The molecule has 3 rings (SSSR count). The lowest BCUT2D eigenvalue weighted by atomic mass is 10.1. The first-order valence-corrected chi connectivity index (χ1v) is 11.2. The number of hydrogen-bond donors (Lipinski definition) is 1. The molecule has 3 aromatic carbocycles. The summed E-state index contributed by atoms with van der Waals surface area (Å²) < 4.78 is 28.2. The number of carbonyl (C=O) groups excluding carboxylic acids is 1. The lowest BCUT2D eigenvalue weighted by Crippen LogP contribution is -2.27. The molecule has 0 spiro atoms. The minimum Gasteiger partial charge on any atom is -0.337 e. The van der Waals surface area contributed by atoms with E-state index >= 15 is 0 Å². The largest absolute Gasteiger partial charge is 0.337 e. The van der Waals surface area contributed by atoms with Crippen LogP contribution in [0.4, 0.5) is 5.69 Å². The van der Waals surface area contributed by atoms with Gasteiger partial charge in [0.05, 0.1) is 4.90 Å². The average molecular weight is 423 g/mol. The number of anilines is 1. The highest BCUT2D eigenvalue weighted by Crippen LogP contribution is 2.21. The second-order valence-corrected chi connectivity index (χ2v) is 9.28. The maximum Gasteiger partial charge on any atom is 0.261 e. The van der Waals surface area contributed by atoms with E-state index < -0.39 is 10.0 Å². The molecule has 0 aliphatic rings. The Morgan fingerprint density at radius 1 is 0.867 bits per heavy atom. The number of hydrogen-bond acceptors (Lipinski definition) is 3. The molecule has 0 aliphatic heterocycles. The molecule has 1 amide bonds. The van der Waals surface area contributed by atoms with E-state index in [2.05, 4.69) is 4.72 Å². The van der Waals surface area contributed by atoms with Crippen LogP contribution in [0.1, 0.15) is 32.6 Å². The smallest absolute Gasteiger partial charge is 0.261 e. The van der Waals surface area contributed by atoms with Crippen LogP contribution in [-0.2, 0) is 16.6 Å². The number of nitrogens with one attached hydrogen (secondary N) is 1. The molecule has 0 unspecified atom stereocenters. The van der Waals surface area contributed by atoms with Crippen molar-refractivity contribution < 1.29 is 13.2 Å². The zero-order valence-corrected chi connectivity index (χ0v) is 18.5. The van der Waals surface area contributed by atoms with Crippen LogP contribution in [0.25, 0.3) is 0 Å². The zero-order valence-electron chi connectivity index (χ0n) is 17.6. The van der Waals surface area contributed by atoms with Gasteiger partial charge < -0.3 is 4.90 Å². The van der Waals surface area contributed by atoms with E-state index in [1.807, 2.05) is 50.2 Å². The molecular weight excluding hydrogens is 396 g/mol. The Balaban J connectivity index is 1.83. The van der Waals surface area contributed by atoms with Crippen molar-refractivity contribution in [3.8, 4) is 0 Å². The van der Waals surface area contributed by atoms with Crippen molar-refractivity contribution in [2.75, 3.05) is 11.8 Å². The van der Waals surface area contributed by atoms with Crippen LogP contribution < -0.4 is 4.72 Å². The van der Waals surface area contributed by atoms with Crippen molar-refractivity contribution >= 4 is 21.6 Å². The molecule has 6 heteroatoms. The first kappa shape index (κ1) is 21.6. The monoisotopic (exact) mass is 422 g/mol. The summed E-state index contributed by atoms with van der Waals surface area (Å²) in [5.74, 6) is -0.222. The Bertz CT molecular complexity index is 1150. The topological polar surface area (TPSA) is 66.5 Å². The molecule has 1 N–H and O–H groups in total. The van der Waals surface area contributed by atoms with Gasteiger partial charge in [-0.15, -0.1) is 0 Å². The van der Waals surface area contributed by atoms with Crippen molar-refractivity contribution in [3.05, 3.63) is 94.5 Å². The second-order valence-electron chi connectivity index (χ2n) is 7.60. The third kappa shape index (κ3) is 5.07. The first-order chi connectivity index (χ1) is 14.2. The van der Waals surface area contributed by atoms with Crippen LogP contribution in [0, 0.1) is 20.8 Å². The normalized spacial score (nSPS) is 11.2. The van der Waals surface area contributed by atoms with Crippen molar-refractivity contribution in [2.45, 2.75) is 32.2 Å². The highest BCUT2D eigenvalue weighted by Gasteiger charge is 2.20. The molecule has 0 heterocycles. The van der Waals surface area contributed by atoms with Crippen molar-refractivity contribution in [1.82, 2.24) is 4.90 Å². The number of carbonyl (C=O) groups is 1. The van der Waals surface area contributed by atoms with Crippen LogP contribution in [0.5, 0.6) is 0 Å². The van der Waals surface area contributed by atoms with Gasteiger partial charge >= 0.3 is 0 Å². The fourth-order valence-corrected chi connectivity index (χ4v) is 4.16. The number of benzene rings is 3. The van der Waals surface area contributed by atoms with Gasteiger partial charge in [0.15, 0.2) is 0 Å². The minimum atomic E-state index is -3.81. The standard InChI is InChI=1S/C24H26N2O3S/c1-17-5-10-20(11-6-17)16-26(4)24(27)23-15-22(14-9-19(23)3)30(28,29)25-21-12-7-18(2)8-13-21/h5-15,25H,16H2,1-4H3. The Morgan fingerprint density at radius 2 is 1.43 bits per heavy atom. The lowest BCUT2D eigenvalue weighted by Gasteiger charge is -2.19. The maximum atomic E-state index is 13.0. The van der Waals surface area contributed by atoms with Crippen LogP contribution in [0.2, 0.25) is 0 Å². The highest BCUT2D eigenvalue weighted by atomic mass is 32.2. The Morgan fingerprint density at radius 3 is 2.03 bits per heavy atom. The van der Waals surface area contributed by atoms with E-state index in [4.69, 9.17) is 0 Å². The number of sulfonamides is 1. The van der Waals surface area contributed by atoms with Crippen LogP contribution in [0.3, 0.4) is 0 Å². The van der Waals surface area contributed by atoms with Crippen molar-refractivity contribution in [3.63, 3.8) is 0 Å². The van der Waals surface area contributed by atoms with Gasteiger partial charge in [0.1, 0.15) is 0 Å². The van der Waals surface area contributed by atoms with Gasteiger partial charge in [-0.2, -0.15) is 0 Å². The summed E-state index contributed by atoms with van der Waals surface area (Å²) in [7, 11) is -2.09. The maximum absolute atomic E-state index is 13.0. The highest BCUT2D eigenvalue weighted by molar-refractivity contribution is 7.92. The van der Waals surface area contributed by atoms with E-state index in [1.165, 1.54) is 12.1 Å². The van der Waals surface area contributed by atoms with Gasteiger partial charge in [0.2, 0.25) is 0 Å². The van der Waals surface area contributed by atoms with Gasteiger partial charge in [-0.25, -0.2) is 8.42 Å². The van der Waals surface area contributed by atoms with E-state index in [1.54, 1.807) is 37.1 Å². The summed E-state index contributed by atoms with van der Waals surface area (Å²) in [5, 5.41) is 0. The van der Waals surface area contributed by atoms with Crippen molar-refractivity contribution in [2.24, 2.45) is 0 Å². The molecule has 3 aromatic rings. The van der Waals surface area contributed by atoms with Gasteiger partial charge in [-0.1, -0.05) is 53.6 Å². The van der Waals surface area contributed by atoms with Crippen molar-refractivity contribution in [1.29, 1.82) is 0 Å². The fourth-order valence-electron chi connectivity index (χ4n) is 3.08. The van der Waals surface area contributed by atoms with E-state index in [-0.39, 0.29) is 10.8 Å². The Hall–Kier alpha value is -3.12. The molecule has 156 valence electrons. The third-order valence-corrected chi connectivity index (χ3v) is 6.32. The summed E-state index contributed by atoms with van der Waals surface area (Å²) in [6, 6.07) is 19.7. The molecule has 5 nitrogen and oxygen atoms in total. The first-order valence-electron chi connectivity index (χ1n) is 9.67. The molecule has 0 bridgehead atoms. The Kier molecular flexibility index (Phi) is 6.27. The SMILES string of the molecule is Cc1ccc(CN(C)C(=O)c2cc(S(=O)(=O)Nc3ccc(C)cc3)ccc2C)cc1. The third-order valence-electron chi connectivity index (χ3n) is 4.94. The van der Waals surface area contributed by atoms with Gasteiger partial charge in [-0.05, 0) is 56.2 Å². The summed E-state index contributed by atoms with van der Waals surface area (Å²) in [6.45, 7) is 6.19. The number of rotatable bonds is 6. The summed E-state index contributed by atoms with van der Waals surface area (Å²) in [6.07, 6.45) is 0. The molecule has 0 radical (unpaired) electrons. The van der Waals surface area contributed by atoms with Gasteiger partial charge in [0.25, 0.3) is 15.9 Å². The number of aryl methyl sites for hydroxylation is 3. The fraction of sp³-hybridized carbons (Fsp3) is 0.208. The molecule has 0 fully saturated rings. The van der Waals surface area contributed by atoms with Crippen LogP contribution in [0.15, 0.2) is 71.6 Å². The summed E-state index contributed by atoms with van der Waals surface area (Å²) >= 11 is 0. The van der Waals surface area contributed by atoms with E-state index in [0.717, 1.165) is 22.3 Å². The minimum absolute atomic E-state index is 0.0563. The zero-order chi connectivity index (χ0) is 21.9. The van der Waals surface area contributed by atoms with E-state index in [9.17, 15) is 13.2 Å². The average Bonchev–Trinajstić information content (AvgIpc) is 2.71. The van der Waals surface area contributed by atoms with Gasteiger partial charge in [0, 0.05) is 24.8 Å². The molecule has 0 atom stereocenters. The number of amides is 1. The van der Waals surface area contributed by atoms with E-state index in [0.29, 0.717) is 17.8 Å². The van der Waals surface area contributed by atoms with Crippen LogP contribution >= 0.6 is 0 Å². The molecule has 30 heavy (non-hydrogen) atoms. The van der Waals surface area contributed by atoms with Gasteiger partial charge in [-0.3, -0.25) is 9.52 Å². The Labute approximate surface area is 178 Å². The predicted molar refractivity (Wildman–Crippen MR) is 120 cm³/mol. The molecule has 0 saturated carbocycles. The predicted octanol–water partition coefficient (Wildman–Crippen LogP) is 4.68. The lowest BCUT2D eigenvalue weighted by molar-refractivity contribution is 0.0784.